The second kappa shape index (κ2) is 9.18. The Balaban J connectivity index is 1.53. The number of benzene rings is 2. The van der Waals surface area contributed by atoms with Gasteiger partial charge in [0.25, 0.3) is 5.91 Å². The highest BCUT2D eigenvalue weighted by molar-refractivity contribution is 7.98. The van der Waals surface area contributed by atoms with Crippen LogP contribution in [0.2, 0.25) is 0 Å². The fourth-order valence-corrected chi connectivity index (χ4v) is 4.49. The lowest BCUT2D eigenvalue weighted by atomic mass is 10.1. The zero-order valence-electron chi connectivity index (χ0n) is 17.6. The van der Waals surface area contributed by atoms with Crippen LogP contribution in [-0.2, 0) is 12.3 Å². The van der Waals surface area contributed by atoms with E-state index in [9.17, 15) is 4.79 Å². The molecule has 0 radical (unpaired) electrons. The van der Waals surface area contributed by atoms with Gasteiger partial charge in [-0.3, -0.25) is 4.79 Å². The zero-order valence-corrected chi connectivity index (χ0v) is 18.4. The molecule has 0 saturated heterocycles. The Morgan fingerprint density at radius 3 is 2.77 bits per heavy atom. The molecule has 2 heterocycles. The molecule has 4 rings (SSSR count). The van der Waals surface area contributed by atoms with Crippen molar-refractivity contribution in [1.29, 1.82) is 0 Å². The van der Waals surface area contributed by atoms with Crippen molar-refractivity contribution < 1.29 is 9.32 Å². The number of hydrogen-bond donors (Lipinski definition) is 1. The van der Waals surface area contributed by atoms with Crippen LogP contribution in [-0.4, -0.2) is 25.8 Å². The summed E-state index contributed by atoms with van der Waals surface area (Å²) in [4.78, 5) is 14.0. The molecule has 158 valence electrons. The maximum atomic E-state index is 13.1. The Morgan fingerprint density at radius 1 is 1.16 bits per heavy atom. The molecule has 2 aromatic heterocycles. The van der Waals surface area contributed by atoms with Crippen molar-refractivity contribution >= 4 is 23.4 Å². The zero-order chi connectivity index (χ0) is 21.8. The van der Waals surface area contributed by atoms with E-state index in [1.165, 1.54) is 0 Å². The minimum absolute atomic E-state index is 0.157. The summed E-state index contributed by atoms with van der Waals surface area (Å²) >= 11 is 1.60. The molecule has 4 aromatic rings. The average Bonchev–Trinajstić information content (AvgIpc) is 3.39. The van der Waals surface area contributed by atoms with E-state index in [2.05, 4.69) is 20.7 Å². The molecule has 0 aliphatic carbocycles. The highest BCUT2D eigenvalue weighted by atomic mass is 32.2. The summed E-state index contributed by atoms with van der Waals surface area (Å²) in [7, 11) is 0. The molecule has 2 aromatic carbocycles. The van der Waals surface area contributed by atoms with E-state index in [0.29, 0.717) is 17.0 Å². The first kappa shape index (κ1) is 20.9. The van der Waals surface area contributed by atoms with E-state index >= 15 is 0 Å². The van der Waals surface area contributed by atoms with Crippen LogP contribution in [0.15, 0.2) is 64.3 Å². The topological polar surface area (TPSA) is 85.8 Å². The Labute approximate surface area is 184 Å². The number of amides is 1. The van der Waals surface area contributed by atoms with Gasteiger partial charge in [-0.1, -0.05) is 29.4 Å². The fourth-order valence-electron chi connectivity index (χ4n) is 3.28. The second-order valence-corrected chi connectivity index (χ2v) is 8.08. The van der Waals surface area contributed by atoms with Gasteiger partial charge in [0.1, 0.15) is 12.1 Å². The lowest BCUT2D eigenvalue weighted by Crippen LogP contribution is -2.13. The molecule has 0 aliphatic heterocycles. The summed E-state index contributed by atoms with van der Waals surface area (Å²) in [6.45, 7) is 6.64. The normalized spacial score (nSPS) is 10.9. The molecular weight excluding hydrogens is 410 g/mol. The van der Waals surface area contributed by atoms with Gasteiger partial charge in [-0.25, -0.2) is 0 Å². The molecule has 0 unspecified atom stereocenters. The van der Waals surface area contributed by atoms with E-state index in [1.807, 2.05) is 73.9 Å². The van der Waals surface area contributed by atoms with Crippen LogP contribution in [0.3, 0.4) is 0 Å². The highest BCUT2D eigenvalue weighted by Crippen LogP contribution is 2.29. The Morgan fingerprint density at radius 2 is 2.00 bits per heavy atom. The van der Waals surface area contributed by atoms with E-state index < -0.39 is 0 Å². The Hall–Kier alpha value is -3.39. The predicted octanol–water partition coefficient (Wildman–Crippen LogP) is 5.11. The number of nitrogens with zero attached hydrogens (tertiary/aromatic N) is 4. The van der Waals surface area contributed by atoms with Gasteiger partial charge in [0, 0.05) is 34.0 Å². The SMILES string of the molecule is CCn1cnnc1-c1cccc(NC(=O)c2ccccc2SCc2c(C)noc2C)c1. The minimum Gasteiger partial charge on any atom is -0.361 e. The first-order chi connectivity index (χ1) is 15.1. The molecule has 1 N–H and O–H groups in total. The number of anilines is 1. The van der Waals surface area contributed by atoms with E-state index in [0.717, 1.165) is 39.8 Å². The summed E-state index contributed by atoms with van der Waals surface area (Å²) in [5.74, 6) is 2.11. The lowest BCUT2D eigenvalue weighted by molar-refractivity contribution is 0.102. The third kappa shape index (κ3) is 4.54. The minimum atomic E-state index is -0.157. The molecule has 0 saturated carbocycles. The molecule has 0 atom stereocenters. The number of aryl methyl sites for hydroxylation is 3. The van der Waals surface area contributed by atoms with E-state index in [-0.39, 0.29) is 5.91 Å². The highest BCUT2D eigenvalue weighted by Gasteiger charge is 2.15. The first-order valence-corrected chi connectivity index (χ1v) is 11.0. The molecule has 1 amide bonds. The first-order valence-electron chi connectivity index (χ1n) is 10.00. The Kier molecular flexibility index (Phi) is 6.18. The molecule has 0 spiro atoms. The molecule has 8 heteroatoms. The van der Waals surface area contributed by atoms with Gasteiger partial charge in [-0.2, -0.15) is 0 Å². The lowest BCUT2D eigenvalue weighted by Gasteiger charge is -2.11. The fraction of sp³-hybridized carbons (Fsp3) is 0.217. The summed E-state index contributed by atoms with van der Waals surface area (Å²) < 4.78 is 7.20. The molecule has 7 nitrogen and oxygen atoms in total. The Bertz CT molecular complexity index is 1190. The molecule has 0 aliphatic rings. The second-order valence-electron chi connectivity index (χ2n) is 7.06. The van der Waals surface area contributed by atoms with Crippen molar-refractivity contribution in [2.45, 2.75) is 38.0 Å². The van der Waals surface area contributed by atoms with Crippen molar-refractivity contribution in [3.8, 4) is 11.4 Å². The molecule has 0 fully saturated rings. The number of nitrogens with one attached hydrogen (secondary N) is 1. The smallest absolute Gasteiger partial charge is 0.256 e. The van der Waals surface area contributed by atoms with Crippen LogP contribution in [0.1, 0.15) is 34.3 Å². The maximum Gasteiger partial charge on any atom is 0.256 e. The van der Waals surface area contributed by atoms with Gasteiger partial charge in [0.05, 0.1) is 11.3 Å². The average molecular weight is 434 g/mol. The van der Waals surface area contributed by atoms with Crippen LogP contribution in [0.4, 0.5) is 5.69 Å². The number of rotatable bonds is 7. The maximum absolute atomic E-state index is 13.1. The monoisotopic (exact) mass is 433 g/mol. The van der Waals surface area contributed by atoms with Crippen LogP contribution >= 0.6 is 11.8 Å². The van der Waals surface area contributed by atoms with Crippen LogP contribution in [0.25, 0.3) is 11.4 Å². The number of carbonyl (C=O) groups excluding carboxylic acids is 1. The van der Waals surface area contributed by atoms with Crippen molar-refractivity contribution in [2.24, 2.45) is 0 Å². The van der Waals surface area contributed by atoms with Gasteiger partial charge in [-0.15, -0.1) is 22.0 Å². The van der Waals surface area contributed by atoms with Crippen molar-refractivity contribution in [3.05, 3.63) is 77.4 Å². The summed E-state index contributed by atoms with van der Waals surface area (Å²) in [6, 6.07) is 15.2. The molecule has 31 heavy (non-hydrogen) atoms. The number of hydrogen-bond acceptors (Lipinski definition) is 6. The summed E-state index contributed by atoms with van der Waals surface area (Å²) in [5, 5.41) is 15.2. The quantitative estimate of drug-likeness (QED) is 0.407. The number of carbonyl (C=O) groups is 1. The van der Waals surface area contributed by atoms with Crippen molar-refractivity contribution in [2.75, 3.05) is 5.32 Å². The van der Waals surface area contributed by atoms with Crippen LogP contribution in [0.5, 0.6) is 0 Å². The van der Waals surface area contributed by atoms with Gasteiger partial charge < -0.3 is 14.4 Å². The van der Waals surface area contributed by atoms with E-state index in [4.69, 9.17) is 4.52 Å². The predicted molar refractivity (Wildman–Crippen MR) is 121 cm³/mol. The van der Waals surface area contributed by atoms with E-state index in [1.54, 1.807) is 18.1 Å². The van der Waals surface area contributed by atoms with Gasteiger partial charge in [-0.05, 0) is 45.0 Å². The summed E-state index contributed by atoms with van der Waals surface area (Å²) in [5.41, 5.74) is 4.18. The number of aromatic nitrogens is 4. The van der Waals surface area contributed by atoms with Gasteiger partial charge in [0.15, 0.2) is 5.82 Å². The number of thioether (sulfide) groups is 1. The summed E-state index contributed by atoms with van der Waals surface area (Å²) in [6.07, 6.45) is 1.70. The third-order valence-corrected chi connectivity index (χ3v) is 6.12. The van der Waals surface area contributed by atoms with Crippen LogP contribution < -0.4 is 5.32 Å². The third-order valence-electron chi connectivity index (χ3n) is 5.02. The van der Waals surface area contributed by atoms with Gasteiger partial charge >= 0.3 is 0 Å². The van der Waals surface area contributed by atoms with Crippen molar-refractivity contribution in [1.82, 2.24) is 19.9 Å². The van der Waals surface area contributed by atoms with Crippen molar-refractivity contribution in [3.63, 3.8) is 0 Å². The van der Waals surface area contributed by atoms with Crippen LogP contribution in [0, 0.1) is 13.8 Å². The molecular formula is C23H23N5O2S. The molecule has 0 bridgehead atoms. The van der Waals surface area contributed by atoms with Gasteiger partial charge in [0.2, 0.25) is 0 Å². The standard InChI is InChI=1S/C23H23N5O2S/c1-4-28-14-24-26-22(28)17-8-7-9-18(12-17)25-23(29)19-10-5-6-11-21(19)31-13-20-15(2)27-30-16(20)3/h5-12,14H,4,13H2,1-3H3,(H,25,29). The largest absolute Gasteiger partial charge is 0.361 e.